The van der Waals surface area contributed by atoms with Gasteiger partial charge in [0.1, 0.15) is 5.82 Å². The molecule has 0 unspecified atom stereocenters. The lowest BCUT2D eigenvalue weighted by Gasteiger charge is -2.08. The van der Waals surface area contributed by atoms with E-state index in [1.165, 1.54) is 12.1 Å². The third-order valence-corrected chi connectivity index (χ3v) is 3.19. The third-order valence-electron chi connectivity index (χ3n) is 2.53. The summed E-state index contributed by atoms with van der Waals surface area (Å²) in [6.45, 7) is 3.95. The fourth-order valence-electron chi connectivity index (χ4n) is 1.62. The van der Waals surface area contributed by atoms with Crippen molar-refractivity contribution < 1.29 is 4.39 Å². The molecule has 1 heterocycles. The van der Waals surface area contributed by atoms with E-state index in [1.807, 2.05) is 13.8 Å². The monoisotopic (exact) mass is 283 g/mol. The van der Waals surface area contributed by atoms with Crippen LogP contribution in [0, 0.1) is 5.82 Å². The molecule has 1 aromatic heterocycles. The maximum atomic E-state index is 13.5. The molecule has 4 heteroatoms. The second-order valence-electron chi connectivity index (χ2n) is 4.02. The van der Waals surface area contributed by atoms with E-state index in [2.05, 4.69) is 20.9 Å². The van der Waals surface area contributed by atoms with E-state index in [0.717, 1.165) is 5.69 Å². The number of aromatic nitrogens is 1. The zero-order valence-electron chi connectivity index (χ0n) is 8.97. The number of aromatic amines is 1. The van der Waals surface area contributed by atoms with E-state index in [9.17, 15) is 9.18 Å². The number of fused-ring (bicyclic) bond motifs is 1. The lowest BCUT2D eigenvalue weighted by Crippen LogP contribution is -2.08. The molecule has 0 saturated carbocycles. The molecular weight excluding hydrogens is 273 g/mol. The van der Waals surface area contributed by atoms with Crippen molar-refractivity contribution in [3.05, 3.63) is 44.4 Å². The highest BCUT2D eigenvalue weighted by atomic mass is 79.9. The molecule has 16 heavy (non-hydrogen) atoms. The SMILES string of the molecule is CC(C)c1cc(=O)c2c(F)ccc(Br)c2[nH]1. The summed E-state index contributed by atoms with van der Waals surface area (Å²) < 4.78 is 14.2. The molecular formula is C12H11BrFNO. The standard InChI is InChI=1S/C12H11BrFNO/c1-6(2)9-5-10(16)11-8(14)4-3-7(13)12(11)15-9/h3-6H,1-2H3,(H,15,16). The average Bonchev–Trinajstić information content (AvgIpc) is 2.22. The molecule has 2 aromatic rings. The highest BCUT2D eigenvalue weighted by molar-refractivity contribution is 9.10. The molecule has 1 N–H and O–H groups in total. The number of nitrogens with one attached hydrogen (secondary N) is 1. The Balaban J connectivity index is 2.92. The fraction of sp³-hybridized carbons (Fsp3) is 0.250. The summed E-state index contributed by atoms with van der Waals surface area (Å²) in [5, 5.41) is 0.110. The van der Waals surface area contributed by atoms with Crippen LogP contribution in [-0.4, -0.2) is 4.98 Å². The lowest BCUT2D eigenvalue weighted by molar-refractivity contribution is 0.638. The lowest BCUT2D eigenvalue weighted by atomic mass is 10.1. The largest absolute Gasteiger partial charge is 0.357 e. The molecule has 2 nitrogen and oxygen atoms in total. The summed E-state index contributed by atoms with van der Waals surface area (Å²) in [5.74, 6) is -0.290. The molecule has 0 fully saturated rings. The van der Waals surface area contributed by atoms with Gasteiger partial charge in [-0.05, 0) is 34.0 Å². The summed E-state index contributed by atoms with van der Waals surface area (Å²) >= 11 is 3.31. The molecule has 0 aliphatic heterocycles. The molecule has 0 atom stereocenters. The molecule has 0 spiro atoms. The van der Waals surface area contributed by atoms with Crippen molar-refractivity contribution >= 4 is 26.8 Å². The summed E-state index contributed by atoms with van der Waals surface area (Å²) in [7, 11) is 0. The highest BCUT2D eigenvalue weighted by Crippen LogP contribution is 2.23. The average molecular weight is 284 g/mol. The van der Waals surface area contributed by atoms with Crippen LogP contribution in [0.25, 0.3) is 10.9 Å². The van der Waals surface area contributed by atoms with Gasteiger partial charge in [0.15, 0.2) is 5.43 Å². The Kier molecular flexibility index (Phi) is 2.84. The van der Waals surface area contributed by atoms with Crippen LogP contribution < -0.4 is 5.43 Å². The molecule has 0 amide bonds. The van der Waals surface area contributed by atoms with Gasteiger partial charge in [-0.25, -0.2) is 4.39 Å². The number of rotatable bonds is 1. The van der Waals surface area contributed by atoms with Crippen LogP contribution in [0.4, 0.5) is 4.39 Å². The van der Waals surface area contributed by atoms with Crippen LogP contribution in [0.2, 0.25) is 0 Å². The van der Waals surface area contributed by atoms with Gasteiger partial charge in [0.2, 0.25) is 0 Å². The van der Waals surface area contributed by atoms with Crippen molar-refractivity contribution in [1.29, 1.82) is 0 Å². The van der Waals surface area contributed by atoms with E-state index in [-0.39, 0.29) is 16.7 Å². The van der Waals surface area contributed by atoms with Gasteiger partial charge in [-0.1, -0.05) is 13.8 Å². The van der Waals surface area contributed by atoms with Gasteiger partial charge >= 0.3 is 0 Å². The fourth-order valence-corrected chi connectivity index (χ4v) is 2.05. The molecule has 0 aliphatic rings. The number of halogens is 2. The zero-order chi connectivity index (χ0) is 11.9. The summed E-state index contributed by atoms with van der Waals surface area (Å²) in [4.78, 5) is 14.9. The third kappa shape index (κ3) is 1.78. The molecule has 0 bridgehead atoms. The summed E-state index contributed by atoms with van der Waals surface area (Å²) in [6.07, 6.45) is 0. The minimum absolute atomic E-state index is 0.110. The second kappa shape index (κ2) is 4.01. The summed E-state index contributed by atoms with van der Waals surface area (Å²) in [5.41, 5.74) is 1.05. The van der Waals surface area contributed by atoms with Gasteiger partial charge in [-0.2, -0.15) is 0 Å². The summed E-state index contributed by atoms with van der Waals surface area (Å²) in [6, 6.07) is 4.34. The number of pyridine rings is 1. The predicted octanol–water partition coefficient (Wildman–Crippen LogP) is 3.55. The molecule has 0 saturated heterocycles. The predicted molar refractivity (Wildman–Crippen MR) is 66.3 cm³/mol. The second-order valence-corrected chi connectivity index (χ2v) is 4.88. The van der Waals surface area contributed by atoms with Gasteiger partial charge in [0, 0.05) is 16.2 Å². The number of benzene rings is 1. The van der Waals surface area contributed by atoms with Crippen LogP contribution >= 0.6 is 15.9 Å². The van der Waals surface area contributed by atoms with E-state index in [1.54, 1.807) is 6.07 Å². The molecule has 0 radical (unpaired) electrons. The number of hydrogen-bond acceptors (Lipinski definition) is 1. The van der Waals surface area contributed by atoms with Crippen LogP contribution in [0.15, 0.2) is 27.5 Å². The quantitative estimate of drug-likeness (QED) is 0.853. The molecule has 0 aliphatic carbocycles. The van der Waals surface area contributed by atoms with Crippen molar-refractivity contribution in [3.8, 4) is 0 Å². The van der Waals surface area contributed by atoms with E-state index < -0.39 is 5.82 Å². The Morgan fingerprint density at radius 1 is 1.38 bits per heavy atom. The van der Waals surface area contributed by atoms with Crippen molar-refractivity contribution in [3.63, 3.8) is 0 Å². The highest BCUT2D eigenvalue weighted by Gasteiger charge is 2.11. The van der Waals surface area contributed by atoms with Crippen molar-refractivity contribution in [2.75, 3.05) is 0 Å². The minimum atomic E-state index is -0.491. The van der Waals surface area contributed by atoms with Gasteiger partial charge in [0.05, 0.1) is 10.9 Å². The first kappa shape index (κ1) is 11.3. The Morgan fingerprint density at radius 3 is 2.69 bits per heavy atom. The van der Waals surface area contributed by atoms with E-state index in [0.29, 0.717) is 9.99 Å². The zero-order valence-corrected chi connectivity index (χ0v) is 10.6. The van der Waals surface area contributed by atoms with Crippen LogP contribution in [0.3, 0.4) is 0 Å². The Hall–Kier alpha value is -1.16. The molecule has 84 valence electrons. The van der Waals surface area contributed by atoms with Gasteiger partial charge in [0.25, 0.3) is 0 Å². The van der Waals surface area contributed by atoms with E-state index >= 15 is 0 Å². The van der Waals surface area contributed by atoms with Crippen LogP contribution in [0.1, 0.15) is 25.5 Å². The number of H-pyrrole nitrogens is 1. The van der Waals surface area contributed by atoms with Gasteiger partial charge < -0.3 is 4.98 Å². The Labute approximate surface area is 101 Å². The Bertz CT molecular complexity index is 604. The van der Waals surface area contributed by atoms with Crippen molar-refractivity contribution in [2.45, 2.75) is 19.8 Å². The molecule has 2 rings (SSSR count). The van der Waals surface area contributed by atoms with E-state index in [4.69, 9.17) is 0 Å². The normalized spacial score (nSPS) is 11.3. The minimum Gasteiger partial charge on any atom is -0.357 e. The molecule has 1 aromatic carbocycles. The topological polar surface area (TPSA) is 32.9 Å². The van der Waals surface area contributed by atoms with Gasteiger partial charge in [-0.3, -0.25) is 4.79 Å². The van der Waals surface area contributed by atoms with Crippen LogP contribution in [-0.2, 0) is 0 Å². The smallest absolute Gasteiger partial charge is 0.192 e. The first-order valence-electron chi connectivity index (χ1n) is 5.01. The maximum absolute atomic E-state index is 13.5. The van der Waals surface area contributed by atoms with Gasteiger partial charge in [-0.15, -0.1) is 0 Å². The maximum Gasteiger partial charge on any atom is 0.192 e. The Morgan fingerprint density at radius 2 is 2.06 bits per heavy atom. The van der Waals surface area contributed by atoms with Crippen molar-refractivity contribution in [2.24, 2.45) is 0 Å². The first-order chi connectivity index (χ1) is 7.50. The number of hydrogen-bond donors (Lipinski definition) is 1. The van der Waals surface area contributed by atoms with Crippen molar-refractivity contribution in [1.82, 2.24) is 4.98 Å². The first-order valence-corrected chi connectivity index (χ1v) is 5.81. The van der Waals surface area contributed by atoms with Crippen LogP contribution in [0.5, 0.6) is 0 Å².